The average molecular weight is 664 g/mol. The predicted molar refractivity (Wildman–Crippen MR) is 188 cm³/mol. The van der Waals surface area contributed by atoms with Crippen molar-refractivity contribution in [3.8, 4) is 0 Å². The third kappa shape index (κ3) is 11.5. The number of nitrogens with zero attached hydrogens (tertiary/aromatic N) is 3. The molecule has 1 heterocycles. The molecule has 0 aliphatic carbocycles. The van der Waals surface area contributed by atoms with Crippen LogP contribution in [0.25, 0.3) is 10.8 Å². The summed E-state index contributed by atoms with van der Waals surface area (Å²) in [7, 11) is 6.64. The van der Waals surface area contributed by atoms with E-state index in [0.717, 1.165) is 21.2 Å². The molecule has 47 heavy (non-hydrogen) atoms. The smallest absolute Gasteiger partial charge is 0.408 e. The summed E-state index contributed by atoms with van der Waals surface area (Å²) in [5.41, 5.74) is 2.36. The molecule has 4 amide bonds. The van der Waals surface area contributed by atoms with Crippen LogP contribution in [0.1, 0.15) is 51.5 Å². The molecule has 0 saturated heterocycles. The van der Waals surface area contributed by atoms with Crippen LogP contribution in [-0.2, 0) is 32.0 Å². The fraction of sp³-hybridized carbons (Fsp3) is 0.444. The van der Waals surface area contributed by atoms with Gasteiger partial charge in [-0.25, -0.2) is 9.80 Å². The number of amides is 4. The maximum absolute atomic E-state index is 14.3. The minimum absolute atomic E-state index is 0.247. The van der Waals surface area contributed by atoms with Gasteiger partial charge >= 0.3 is 6.09 Å². The van der Waals surface area contributed by atoms with Crippen LogP contribution in [0.4, 0.5) is 4.79 Å². The fourth-order valence-corrected chi connectivity index (χ4v) is 5.79. The standard InChI is InChI=1S/C36H49N5O5S/c1-35(2,3)46-34(45)37-36(4,5)20-12-17-31(42)40(8)30(23-25-18-19-26-14-10-11-15-27(26)22-25)33(44)41(9)29(32(43)38-39(6)7)24-28-16-13-21-47-28/h10-19,21-22,29-30H,20,23-24H2,1-9H3,(H,37,45)(H,38,43)/b17-12+/t29-,30-/m1/s1. The second-order valence-electron chi connectivity index (χ2n) is 13.6. The first-order valence-corrected chi connectivity index (χ1v) is 16.5. The topological polar surface area (TPSA) is 111 Å². The van der Waals surface area contributed by atoms with Crippen molar-refractivity contribution in [3.05, 3.63) is 82.6 Å². The Balaban J connectivity index is 1.88. The van der Waals surface area contributed by atoms with Crippen LogP contribution in [0.2, 0.25) is 0 Å². The third-order valence-corrected chi connectivity index (χ3v) is 8.40. The first-order valence-electron chi connectivity index (χ1n) is 15.6. The molecule has 0 fully saturated rings. The third-order valence-electron chi connectivity index (χ3n) is 7.50. The zero-order valence-electron chi connectivity index (χ0n) is 29.0. The molecule has 0 saturated carbocycles. The number of benzene rings is 2. The van der Waals surface area contributed by atoms with Crippen molar-refractivity contribution in [2.45, 2.75) is 77.1 Å². The molecule has 254 valence electrons. The molecule has 11 heteroatoms. The number of carbonyl (C=O) groups excluding carboxylic acids is 4. The Kier molecular flexibility index (Phi) is 12.7. The van der Waals surface area contributed by atoms with E-state index in [1.807, 2.05) is 73.8 Å². The molecular formula is C36H49N5O5S. The lowest BCUT2D eigenvalue weighted by Crippen LogP contribution is -2.57. The Bertz CT molecular complexity index is 1560. The molecule has 0 bridgehead atoms. The van der Waals surface area contributed by atoms with Gasteiger partial charge in [-0.05, 0) is 74.9 Å². The Morgan fingerprint density at radius 3 is 2.15 bits per heavy atom. The van der Waals surface area contributed by atoms with Crippen LogP contribution in [0.3, 0.4) is 0 Å². The van der Waals surface area contributed by atoms with Gasteiger partial charge in [-0.1, -0.05) is 54.6 Å². The SMILES string of the molecule is CN(C)NC(=O)[C@@H](Cc1cccs1)N(C)C(=O)[C@@H](Cc1ccc2ccccc2c1)N(C)C(=O)/C=C/CC(C)(C)NC(=O)OC(C)(C)C. The van der Waals surface area contributed by atoms with Gasteiger partial charge in [0.25, 0.3) is 5.91 Å². The zero-order valence-corrected chi connectivity index (χ0v) is 29.8. The number of alkyl carbamates (subject to hydrolysis) is 1. The summed E-state index contributed by atoms with van der Waals surface area (Å²) in [5, 5.41) is 8.42. The van der Waals surface area contributed by atoms with E-state index < -0.39 is 29.3 Å². The predicted octanol–water partition coefficient (Wildman–Crippen LogP) is 5.18. The molecule has 1 aromatic heterocycles. The minimum atomic E-state index is -0.899. The van der Waals surface area contributed by atoms with E-state index >= 15 is 0 Å². The highest BCUT2D eigenvalue weighted by Crippen LogP contribution is 2.21. The average Bonchev–Trinajstić information content (AvgIpc) is 3.49. The summed E-state index contributed by atoms with van der Waals surface area (Å²) in [5.74, 6) is -1.06. The Morgan fingerprint density at radius 1 is 0.851 bits per heavy atom. The largest absolute Gasteiger partial charge is 0.444 e. The number of likely N-dealkylation sites (N-methyl/N-ethyl adjacent to an activating group) is 2. The van der Waals surface area contributed by atoms with Gasteiger partial charge in [0.05, 0.1) is 0 Å². The number of thiophene rings is 1. The first-order chi connectivity index (χ1) is 22.0. The van der Waals surface area contributed by atoms with Crippen LogP contribution < -0.4 is 10.7 Å². The number of nitrogens with one attached hydrogen (secondary N) is 2. The molecule has 2 atom stereocenters. The second-order valence-corrected chi connectivity index (χ2v) is 14.6. The van der Waals surface area contributed by atoms with Gasteiger partial charge in [0, 0.05) is 51.4 Å². The van der Waals surface area contributed by atoms with Crippen molar-refractivity contribution in [1.82, 2.24) is 25.6 Å². The second kappa shape index (κ2) is 16.1. The van der Waals surface area contributed by atoms with Crippen molar-refractivity contribution in [2.75, 3.05) is 28.2 Å². The molecule has 0 aliphatic rings. The summed E-state index contributed by atoms with van der Waals surface area (Å²) >= 11 is 1.52. The highest BCUT2D eigenvalue weighted by atomic mass is 32.1. The molecule has 0 unspecified atom stereocenters. The van der Waals surface area contributed by atoms with Crippen LogP contribution in [0.15, 0.2) is 72.1 Å². The van der Waals surface area contributed by atoms with Gasteiger partial charge in [0.15, 0.2) is 0 Å². The monoisotopic (exact) mass is 663 g/mol. The molecule has 10 nitrogen and oxygen atoms in total. The van der Waals surface area contributed by atoms with Crippen LogP contribution in [0.5, 0.6) is 0 Å². The summed E-state index contributed by atoms with van der Waals surface area (Å²) in [6.45, 7) is 9.05. The summed E-state index contributed by atoms with van der Waals surface area (Å²) in [6, 6.07) is 16.1. The zero-order chi connectivity index (χ0) is 34.9. The normalized spacial score (nSPS) is 13.3. The number of hydrazine groups is 1. The first kappa shape index (κ1) is 37.2. The van der Waals surface area contributed by atoms with Gasteiger partial charge < -0.3 is 19.9 Å². The van der Waals surface area contributed by atoms with Crippen LogP contribution in [-0.4, -0.2) is 90.0 Å². The highest BCUT2D eigenvalue weighted by molar-refractivity contribution is 7.09. The van der Waals surface area contributed by atoms with Crippen molar-refractivity contribution in [3.63, 3.8) is 0 Å². The lowest BCUT2D eigenvalue weighted by Gasteiger charge is -2.34. The number of hydrogen-bond acceptors (Lipinski definition) is 7. The van der Waals surface area contributed by atoms with Gasteiger partial charge in [0.1, 0.15) is 17.7 Å². The molecule has 0 aliphatic heterocycles. The van der Waals surface area contributed by atoms with Crippen molar-refractivity contribution in [2.24, 2.45) is 0 Å². The summed E-state index contributed by atoms with van der Waals surface area (Å²) in [6.07, 6.45) is 3.49. The summed E-state index contributed by atoms with van der Waals surface area (Å²) < 4.78 is 5.37. The van der Waals surface area contributed by atoms with E-state index in [1.165, 1.54) is 27.2 Å². The Morgan fingerprint density at radius 2 is 1.53 bits per heavy atom. The number of carbonyl (C=O) groups is 4. The van der Waals surface area contributed by atoms with Crippen molar-refractivity contribution < 1.29 is 23.9 Å². The molecular weight excluding hydrogens is 614 g/mol. The fourth-order valence-electron chi connectivity index (χ4n) is 5.04. The Hall–Kier alpha value is -4.22. The number of hydrogen-bond donors (Lipinski definition) is 2. The van der Waals surface area contributed by atoms with Gasteiger partial charge in [-0.15, -0.1) is 11.3 Å². The van der Waals surface area contributed by atoms with Gasteiger partial charge in [0.2, 0.25) is 11.8 Å². The molecule has 0 radical (unpaired) electrons. The molecule has 3 aromatic rings. The molecule has 2 N–H and O–H groups in total. The maximum Gasteiger partial charge on any atom is 0.408 e. The van der Waals surface area contributed by atoms with E-state index in [2.05, 4.69) is 10.7 Å². The van der Waals surface area contributed by atoms with E-state index in [0.29, 0.717) is 12.8 Å². The quantitative estimate of drug-likeness (QED) is 0.193. The Labute approximate surface area is 282 Å². The minimum Gasteiger partial charge on any atom is -0.444 e. The molecule has 2 aromatic carbocycles. The van der Waals surface area contributed by atoms with E-state index in [9.17, 15) is 19.2 Å². The van der Waals surface area contributed by atoms with E-state index in [4.69, 9.17) is 4.74 Å². The van der Waals surface area contributed by atoms with E-state index in [-0.39, 0.29) is 24.1 Å². The van der Waals surface area contributed by atoms with Gasteiger partial charge in [-0.2, -0.15) is 0 Å². The van der Waals surface area contributed by atoms with Gasteiger partial charge in [-0.3, -0.25) is 19.8 Å². The lowest BCUT2D eigenvalue weighted by molar-refractivity contribution is -0.147. The summed E-state index contributed by atoms with van der Waals surface area (Å²) in [4.78, 5) is 57.5. The highest BCUT2D eigenvalue weighted by Gasteiger charge is 2.35. The van der Waals surface area contributed by atoms with Crippen LogP contribution >= 0.6 is 11.3 Å². The number of ether oxygens (including phenoxy) is 1. The molecule has 3 rings (SSSR count). The van der Waals surface area contributed by atoms with E-state index in [1.54, 1.807) is 60.0 Å². The number of fused-ring (bicyclic) bond motifs is 1. The van der Waals surface area contributed by atoms with Crippen molar-refractivity contribution >= 4 is 45.9 Å². The molecule has 0 spiro atoms. The maximum atomic E-state index is 14.3. The van der Waals surface area contributed by atoms with Crippen LogP contribution in [0, 0.1) is 0 Å². The number of rotatable bonds is 13. The lowest BCUT2D eigenvalue weighted by atomic mass is 9.98. The van der Waals surface area contributed by atoms with Crippen molar-refractivity contribution in [1.29, 1.82) is 0 Å².